The zero-order valence-electron chi connectivity index (χ0n) is 13.4. The molecule has 2 aromatic heterocycles. The number of aryl methyl sites for hydroxylation is 3. The van der Waals surface area contributed by atoms with Gasteiger partial charge in [-0.3, -0.25) is 4.79 Å². The molecule has 6 nitrogen and oxygen atoms in total. The van der Waals surface area contributed by atoms with Gasteiger partial charge in [0.1, 0.15) is 11.3 Å². The number of imidazole rings is 1. The number of carbonyl (C=O) groups is 1. The zero-order chi connectivity index (χ0) is 16.2. The normalized spacial score (nSPS) is 11.0. The summed E-state index contributed by atoms with van der Waals surface area (Å²) >= 11 is 0. The minimum atomic E-state index is -0.115. The summed E-state index contributed by atoms with van der Waals surface area (Å²) in [7, 11) is 0. The first-order valence-corrected chi connectivity index (χ1v) is 7.84. The van der Waals surface area contributed by atoms with Crippen molar-refractivity contribution in [3.05, 3.63) is 47.6 Å². The number of benzene rings is 1. The van der Waals surface area contributed by atoms with Gasteiger partial charge in [-0.2, -0.15) is 0 Å². The number of hydrogen-bond acceptors (Lipinski definition) is 4. The van der Waals surface area contributed by atoms with Crippen LogP contribution in [0.1, 0.15) is 35.2 Å². The van der Waals surface area contributed by atoms with Gasteiger partial charge in [0.15, 0.2) is 0 Å². The summed E-state index contributed by atoms with van der Waals surface area (Å²) in [6, 6.07) is 8.03. The van der Waals surface area contributed by atoms with Crippen molar-refractivity contribution < 1.29 is 9.32 Å². The Morgan fingerprint density at radius 3 is 3.00 bits per heavy atom. The molecule has 120 valence electrons. The van der Waals surface area contributed by atoms with E-state index in [1.54, 1.807) is 6.92 Å². The molecule has 0 aliphatic rings. The molecule has 0 aliphatic heterocycles. The molecule has 0 aliphatic carbocycles. The van der Waals surface area contributed by atoms with Crippen molar-refractivity contribution in [2.24, 2.45) is 0 Å². The first-order valence-electron chi connectivity index (χ1n) is 7.84. The van der Waals surface area contributed by atoms with E-state index in [-0.39, 0.29) is 5.91 Å². The summed E-state index contributed by atoms with van der Waals surface area (Å²) in [6.07, 6.45) is 3.35. The summed E-state index contributed by atoms with van der Waals surface area (Å²) in [5.41, 5.74) is 3.38. The van der Waals surface area contributed by atoms with Crippen LogP contribution in [0.4, 0.5) is 0 Å². The molecule has 0 radical (unpaired) electrons. The van der Waals surface area contributed by atoms with Crippen molar-refractivity contribution in [3.63, 3.8) is 0 Å². The van der Waals surface area contributed by atoms with Gasteiger partial charge < -0.3 is 14.4 Å². The van der Waals surface area contributed by atoms with Crippen LogP contribution in [-0.4, -0.2) is 27.2 Å². The molecule has 1 amide bonds. The van der Waals surface area contributed by atoms with Crippen molar-refractivity contribution in [1.82, 2.24) is 20.0 Å². The number of fused-ring (bicyclic) bond motifs is 1. The smallest absolute Gasteiger partial charge is 0.256 e. The number of aromatic nitrogens is 3. The summed E-state index contributed by atoms with van der Waals surface area (Å²) in [4.78, 5) is 16.6. The van der Waals surface area contributed by atoms with E-state index in [2.05, 4.69) is 26.1 Å². The van der Waals surface area contributed by atoms with Gasteiger partial charge in [0.2, 0.25) is 0 Å². The fourth-order valence-electron chi connectivity index (χ4n) is 2.68. The topological polar surface area (TPSA) is 73.0 Å². The second-order valence-corrected chi connectivity index (χ2v) is 5.45. The molecule has 3 aromatic rings. The van der Waals surface area contributed by atoms with Crippen molar-refractivity contribution in [2.75, 3.05) is 6.54 Å². The highest BCUT2D eigenvalue weighted by Crippen LogP contribution is 2.14. The van der Waals surface area contributed by atoms with Crippen molar-refractivity contribution >= 4 is 16.9 Å². The second-order valence-electron chi connectivity index (χ2n) is 5.45. The van der Waals surface area contributed by atoms with E-state index in [1.165, 1.54) is 0 Å². The molecule has 23 heavy (non-hydrogen) atoms. The lowest BCUT2D eigenvalue weighted by atomic mass is 10.1. The van der Waals surface area contributed by atoms with Crippen LogP contribution >= 0.6 is 0 Å². The highest BCUT2D eigenvalue weighted by atomic mass is 16.5. The van der Waals surface area contributed by atoms with Crippen LogP contribution in [0.15, 0.2) is 35.1 Å². The van der Waals surface area contributed by atoms with Crippen molar-refractivity contribution in [3.8, 4) is 0 Å². The maximum Gasteiger partial charge on any atom is 0.256 e. The van der Waals surface area contributed by atoms with E-state index in [1.807, 2.05) is 31.5 Å². The number of carbonyl (C=O) groups excluding carboxylic acids is 1. The molecule has 1 aromatic carbocycles. The standard InChI is InChI=1S/C17H20N4O2/c1-3-13-16(12(2)23-20-13)17(22)18-9-6-10-21-11-19-14-7-4-5-8-15(14)21/h4-5,7-8,11H,3,6,9-10H2,1-2H3,(H,18,22). The average molecular weight is 312 g/mol. The number of hydrogen-bond donors (Lipinski definition) is 1. The van der Waals surface area contributed by atoms with E-state index >= 15 is 0 Å². The second kappa shape index (κ2) is 6.64. The third-order valence-electron chi connectivity index (χ3n) is 3.88. The number of rotatable bonds is 6. The van der Waals surface area contributed by atoms with Crippen LogP contribution in [0.5, 0.6) is 0 Å². The van der Waals surface area contributed by atoms with Gasteiger partial charge in [0.05, 0.1) is 23.1 Å². The monoisotopic (exact) mass is 312 g/mol. The van der Waals surface area contributed by atoms with E-state index < -0.39 is 0 Å². The van der Waals surface area contributed by atoms with E-state index in [0.29, 0.717) is 30.0 Å². The SMILES string of the molecule is CCc1noc(C)c1C(=O)NCCCn1cnc2ccccc21. The van der Waals surface area contributed by atoms with Gasteiger partial charge in [-0.05, 0) is 31.9 Å². The van der Waals surface area contributed by atoms with Crippen LogP contribution in [0.2, 0.25) is 0 Å². The highest BCUT2D eigenvalue weighted by molar-refractivity contribution is 5.96. The van der Waals surface area contributed by atoms with Crippen LogP contribution in [-0.2, 0) is 13.0 Å². The molecule has 6 heteroatoms. The lowest BCUT2D eigenvalue weighted by Crippen LogP contribution is -2.26. The summed E-state index contributed by atoms with van der Waals surface area (Å²) in [5, 5.41) is 6.85. The van der Waals surface area contributed by atoms with Gasteiger partial charge in [-0.15, -0.1) is 0 Å². The van der Waals surface area contributed by atoms with Gasteiger partial charge in [-0.25, -0.2) is 4.98 Å². The Hall–Kier alpha value is -2.63. The molecule has 0 bridgehead atoms. The first-order chi connectivity index (χ1) is 11.2. The molecular formula is C17H20N4O2. The van der Waals surface area contributed by atoms with Crippen LogP contribution in [0.25, 0.3) is 11.0 Å². The lowest BCUT2D eigenvalue weighted by Gasteiger charge is -2.07. The Labute approximate surface area is 134 Å². The summed E-state index contributed by atoms with van der Waals surface area (Å²) < 4.78 is 7.20. The average Bonchev–Trinajstić information content (AvgIpc) is 3.15. The summed E-state index contributed by atoms with van der Waals surface area (Å²) in [5.74, 6) is 0.455. The third kappa shape index (κ3) is 3.11. The Morgan fingerprint density at radius 1 is 1.35 bits per heavy atom. The fraction of sp³-hybridized carbons (Fsp3) is 0.353. The minimum absolute atomic E-state index is 0.115. The van der Waals surface area contributed by atoms with Gasteiger partial charge in [0.25, 0.3) is 5.91 Å². The molecule has 3 rings (SSSR count). The lowest BCUT2D eigenvalue weighted by molar-refractivity contribution is 0.0950. The fourth-order valence-corrected chi connectivity index (χ4v) is 2.68. The van der Waals surface area contributed by atoms with E-state index in [0.717, 1.165) is 24.0 Å². The third-order valence-corrected chi connectivity index (χ3v) is 3.88. The first kappa shape index (κ1) is 15.3. The van der Waals surface area contributed by atoms with E-state index in [4.69, 9.17) is 4.52 Å². The molecule has 2 heterocycles. The van der Waals surface area contributed by atoms with Gasteiger partial charge in [-0.1, -0.05) is 24.2 Å². The molecule has 0 saturated carbocycles. The Kier molecular flexibility index (Phi) is 4.41. The molecule has 0 saturated heterocycles. The zero-order valence-corrected chi connectivity index (χ0v) is 13.4. The molecule has 0 unspecified atom stereocenters. The van der Waals surface area contributed by atoms with Gasteiger partial charge in [0, 0.05) is 13.1 Å². The molecule has 1 N–H and O–H groups in total. The van der Waals surface area contributed by atoms with Crippen LogP contribution < -0.4 is 5.32 Å². The molecule has 0 atom stereocenters. The minimum Gasteiger partial charge on any atom is -0.361 e. The maximum absolute atomic E-state index is 12.2. The Morgan fingerprint density at radius 2 is 2.17 bits per heavy atom. The highest BCUT2D eigenvalue weighted by Gasteiger charge is 2.18. The maximum atomic E-state index is 12.2. The largest absolute Gasteiger partial charge is 0.361 e. The van der Waals surface area contributed by atoms with Crippen molar-refractivity contribution in [1.29, 1.82) is 0 Å². The molecule has 0 fully saturated rings. The number of para-hydroxylation sites is 2. The Bertz CT molecular complexity index is 819. The number of amides is 1. The quantitative estimate of drug-likeness (QED) is 0.710. The predicted molar refractivity (Wildman–Crippen MR) is 87.3 cm³/mol. The number of nitrogens with zero attached hydrogens (tertiary/aromatic N) is 3. The molecular weight excluding hydrogens is 292 g/mol. The Balaban J connectivity index is 1.55. The molecule has 0 spiro atoms. The predicted octanol–water partition coefficient (Wildman–Crippen LogP) is 2.72. The van der Waals surface area contributed by atoms with E-state index in [9.17, 15) is 4.79 Å². The van der Waals surface area contributed by atoms with Crippen LogP contribution in [0, 0.1) is 6.92 Å². The summed E-state index contributed by atoms with van der Waals surface area (Å²) in [6.45, 7) is 5.13. The van der Waals surface area contributed by atoms with Crippen LogP contribution in [0.3, 0.4) is 0 Å². The number of nitrogens with one attached hydrogen (secondary N) is 1. The van der Waals surface area contributed by atoms with Crippen molar-refractivity contribution in [2.45, 2.75) is 33.2 Å². The van der Waals surface area contributed by atoms with Gasteiger partial charge >= 0.3 is 0 Å².